The fraction of sp³-hybridized carbons (Fsp3) is 0.536. The molecule has 1 aromatic heterocycles. The highest BCUT2D eigenvalue weighted by Crippen LogP contribution is 2.18. The summed E-state index contributed by atoms with van der Waals surface area (Å²) in [5.41, 5.74) is 6.26. The number of nitrogens with zero attached hydrogens (tertiary/aromatic N) is 5. The first-order valence-electron chi connectivity index (χ1n) is 13.9. The monoisotopic (exact) mass is 568 g/mol. The Morgan fingerprint density at radius 3 is 2.46 bits per heavy atom. The number of hydrogen-bond acceptors (Lipinski definition) is 7. The van der Waals surface area contributed by atoms with Gasteiger partial charge in [-0.15, -0.1) is 0 Å². The summed E-state index contributed by atoms with van der Waals surface area (Å²) in [6, 6.07) is 8.67. The third-order valence-corrected chi connectivity index (χ3v) is 7.61. The van der Waals surface area contributed by atoms with E-state index in [9.17, 15) is 19.2 Å². The number of aromatic nitrogens is 2. The molecular weight excluding hydrogens is 528 g/mol. The normalized spacial score (nSPS) is 19.7. The highest BCUT2D eigenvalue weighted by Gasteiger charge is 2.34. The van der Waals surface area contributed by atoms with E-state index in [4.69, 9.17) is 10.8 Å². The molecule has 2 aromatic rings. The van der Waals surface area contributed by atoms with Gasteiger partial charge in [0, 0.05) is 51.5 Å². The van der Waals surface area contributed by atoms with Gasteiger partial charge in [0.1, 0.15) is 5.82 Å². The number of amides is 4. The summed E-state index contributed by atoms with van der Waals surface area (Å²) in [5, 5.41) is 13.9. The molecule has 2 fully saturated rings. The molecular formula is C28H40N8O5. The first kappa shape index (κ1) is 30.0. The van der Waals surface area contributed by atoms with Crippen LogP contribution in [-0.4, -0.2) is 105 Å². The molecule has 4 rings (SSSR count). The van der Waals surface area contributed by atoms with Crippen molar-refractivity contribution >= 4 is 23.8 Å². The van der Waals surface area contributed by atoms with E-state index in [1.807, 2.05) is 31.2 Å². The molecule has 2 aliphatic rings. The number of carboxylic acid groups (broad SMARTS) is 1. The lowest BCUT2D eigenvalue weighted by Gasteiger charge is -2.41. The molecule has 2 unspecified atom stereocenters. The second-order valence-corrected chi connectivity index (χ2v) is 11.5. The first-order valence-corrected chi connectivity index (χ1v) is 13.9. The van der Waals surface area contributed by atoms with E-state index < -0.39 is 17.3 Å². The minimum absolute atomic E-state index is 0.157. The average molecular weight is 569 g/mol. The van der Waals surface area contributed by atoms with Crippen molar-refractivity contribution in [3.8, 4) is 5.69 Å². The fourth-order valence-corrected chi connectivity index (χ4v) is 5.33. The Hall–Kier alpha value is -3.97. The molecule has 0 spiro atoms. The minimum atomic E-state index is -0.983. The molecule has 0 saturated carbocycles. The van der Waals surface area contributed by atoms with Gasteiger partial charge in [0.2, 0.25) is 5.91 Å². The van der Waals surface area contributed by atoms with Crippen LogP contribution in [0, 0.1) is 5.92 Å². The maximum atomic E-state index is 12.9. The van der Waals surface area contributed by atoms with E-state index in [1.54, 1.807) is 35.9 Å². The van der Waals surface area contributed by atoms with Crippen molar-refractivity contribution in [2.75, 3.05) is 51.1 Å². The topological polar surface area (TPSA) is 166 Å². The van der Waals surface area contributed by atoms with E-state index in [0.717, 1.165) is 38.0 Å². The highest BCUT2D eigenvalue weighted by atomic mass is 16.4. The Morgan fingerprint density at radius 2 is 1.83 bits per heavy atom. The van der Waals surface area contributed by atoms with Crippen molar-refractivity contribution < 1.29 is 19.5 Å². The van der Waals surface area contributed by atoms with Crippen LogP contribution in [0.25, 0.3) is 5.69 Å². The number of rotatable bonds is 8. The molecule has 0 aliphatic carbocycles. The summed E-state index contributed by atoms with van der Waals surface area (Å²) in [7, 11) is 0. The summed E-state index contributed by atoms with van der Waals surface area (Å²) in [6.45, 7) is 9.49. The smallest absolute Gasteiger partial charge is 0.404 e. The Kier molecular flexibility index (Phi) is 9.28. The summed E-state index contributed by atoms with van der Waals surface area (Å²) >= 11 is 0. The molecule has 13 heteroatoms. The number of carbonyl (C=O) groups is 3. The van der Waals surface area contributed by atoms with Crippen LogP contribution < -0.4 is 22.1 Å². The Morgan fingerprint density at radius 1 is 1.10 bits per heavy atom. The summed E-state index contributed by atoms with van der Waals surface area (Å²) in [4.78, 5) is 58.5. The van der Waals surface area contributed by atoms with Crippen molar-refractivity contribution in [2.45, 2.75) is 45.2 Å². The SMILES string of the molecule is CC1CN(C(=O)C(C)(C)N)CCN1C(=O)Nc1ccn(-c2ccc(CCN3CCC(CNC(=O)O)C3)cc2)c(=O)n1. The number of anilines is 1. The van der Waals surface area contributed by atoms with Gasteiger partial charge in [0.25, 0.3) is 0 Å². The number of nitrogens with two attached hydrogens (primary N) is 1. The first-order chi connectivity index (χ1) is 19.4. The van der Waals surface area contributed by atoms with Gasteiger partial charge in [-0.05, 0) is 69.8 Å². The maximum absolute atomic E-state index is 12.9. The molecule has 13 nitrogen and oxygen atoms in total. The quantitative estimate of drug-likeness (QED) is 0.368. The summed E-state index contributed by atoms with van der Waals surface area (Å²) < 4.78 is 1.42. The predicted octanol–water partition coefficient (Wildman–Crippen LogP) is 1.17. The number of benzene rings is 1. The van der Waals surface area contributed by atoms with E-state index in [0.29, 0.717) is 37.8 Å². The molecule has 2 aliphatic heterocycles. The van der Waals surface area contributed by atoms with E-state index in [-0.39, 0.29) is 23.8 Å². The number of piperazine rings is 1. The van der Waals surface area contributed by atoms with Crippen LogP contribution in [0.15, 0.2) is 41.3 Å². The van der Waals surface area contributed by atoms with Crippen LogP contribution in [-0.2, 0) is 11.2 Å². The third kappa shape index (κ3) is 7.82. The Balaban J connectivity index is 1.28. The van der Waals surface area contributed by atoms with Crippen molar-refractivity contribution in [3.05, 3.63) is 52.6 Å². The Bertz CT molecular complexity index is 1310. The third-order valence-electron chi connectivity index (χ3n) is 7.61. The zero-order chi connectivity index (χ0) is 29.7. The van der Waals surface area contributed by atoms with Crippen LogP contribution in [0.2, 0.25) is 0 Å². The van der Waals surface area contributed by atoms with E-state index in [2.05, 4.69) is 20.5 Å². The van der Waals surface area contributed by atoms with Gasteiger partial charge in [-0.2, -0.15) is 4.98 Å². The van der Waals surface area contributed by atoms with E-state index in [1.165, 1.54) is 4.57 Å². The van der Waals surface area contributed by atoms with Crippen molar-refractivity contribution in [3.63, 3.8) is 0 Å². The number of likely N-dealkylation sites (tertiary alicyclic amines) is 1. The van der Waals surface area contributed by atoms with Crippen LogP contribution >= 0.6 is 0 Å². The van der Waals surface area contributed by atoms with Gasteiger partial charge in [0.15, 0.2) is 0 Å². The van der Waals surface area contributed by atoms with Crippen molar-refractivity contribution in [1.29, 1.82) is 0 Å². The molecule has 4 amide bonds. The minimum Gasteiger partial charge on any atom is -0.465 e. The average Bonchev–Trinajstić information content (AvgIpc) is 3.38. The second-order valence-electron chi connectivity index (χ2n) is 11.5. The van der Waals surface area contributed by atoms with Gasteiger partial charge in [-0.1, -0.05) is 12.1 Å². The number of hydrogen-bond donors (Lipinski definition) is 4. The van der Waals surface area contributed by atoms with E-state index >= 15 is 0 Å². The molecule has 0 bridgehead atoms. The number of urea groups is 1. The molecule has 2 atom stereocenters. The lowest BCUT2D eigenvalue weighted by Crippen LogP contribution is -2.61. The number of nitrogens with one attached hydrogen (secondary N) is 2. The standard InChI is InChI=1S/C28H40N8O5/c1-19-17-34(24(37)28(2,3)29)14-15-35(19)25(38)31-23-10-13-36(26(39)32-23)22-6-4-20(5-7-22)8-11-33-12-9-21(18-33)16-30-27(40)41/h4-7,10,13,19,21,30H,8-9,11-12,14-18,29H2,1-3H3,(H,40,41)(H,31,32,38,39). The lowest BCUT2D eigenvalue weighted by molar-refractivity contribution is -0.138. The zero-order valence-electron chi connectivity index (χ0n) is 23.9. The van der Waals surface area contributed by atoms with Gasteiger partial charge in [-0.3, -0.25) is 14.7 Å². The van der Waals surface area contributed by atoms with Crippen LogP contribution in [0.4, 0.5) is 15.4 Å². The lowest BCUT2D eigenvalue weighted by atomic mass is 10.0. The zero-order valence-corrected chi connectivity index (χ0v) is 23.9. The van der Waals surface area contributed by atoms with Gasteiger partial charge >= 0.3 is 17.8 Å². The predicted molar refractivity (Wildman–Crippen MR) is 154 cm³/mol. The summed E-state index contributed by atoms with van der Waals surface area (Å²) in [6.07, 6.45) is 2.43. The van der Waals surface area contributed by atoms with Crippen molar-refractivity contribution in [2.24, 2.45) is 11.7 Å². The van der Waals surface area contributed by atoms with Gasteiger partial charge in [-0.25, -0.2) is 14.4 Å². The molecule has 2 saturated heterocycles. The summed E-state index contributed by atoms with van der Waals surface area (Å²) in [5.74, 6) is 0.341. The van der Waals surface area contributed by atoms with Crippen LogP contribution in [0.3, 0.4) is 0 Å². The number of carbonyl (C=O) groups excluding carboxylic acids is 2. The molecule has 222 valence electrons. The van der Waals surface area contributed by atoms with Crippen molar-refractivity contribution in [1.82, 2.24) is 29.6 Å². The maximum Gasteiger partial charge on any atom is 0.404 e. The second kappa shape index (κ2) is 12.7. The molecule has 0 radical (unpaired) electrons. The van der Waals surface area contributed by atoms with Gasteiger partial charge < -0.3 is 30.9 Å². The largest absolute Gasteiger partial charge is 0.465 e. The Labute approximate surface area is 239 Å². The molecule has 41 heavy (non-hydrogen) atoms. The highest BCUT2D eigenvalue weighted by molar-refractivity contribution is 5.89. The van der Waals surface area contributed by atoms with Gasteiger partial charge in [0.05, 0.1) is 11.2 Å². The molecule has 3 heterocycles. The fourth-order valence-electron chi connectivity index (χ4n) is 5.33. The van der Waals surface area contributed by atoms with Crippen LogP contribution in [0.1, 0.15) is 32.8 Å². The van der Waals surface area contributed by atoms with Crippen LogP contribution in [0.5, 0.6) is 0 Å². The molecule has 1 aromatic carbocycles. The molecule has 5 N–H and O–H groups in total.